The SMILES string of the molecule is CSc1nn(C)c(=O)n1-c1cc(F)ccc1C. The molecule has 0 aliphatic carbocycles. The maximum Gasteiger partial charge on any atom is 0.350 e. The largest absolute Gasteiger partial charge is 0.350 e. The number of halogens is 1. The molecule has 0 fully saturated rings. The molecule has 0 aliphatic heterocycles. The fraction of sp³-hybridized carbons (Fsp3) is 0.273. The third-order valence-corrected chi connectivity index (χ3v) is 3.12. The van der Waals surface area contributed by atoms with Gasteiger partial charge in [0.25, 0.3) is 0 Å². The monoisotopic (exact) mass is 253 g/mol. The van der Waals surface area contributed by atoms with Crippen molar-refractivity contribution >= 4 is 11.8 Å². The first kappa shape index (κ1) is 11.9. The summed E-state index contributed by atoms with van der Waals surface area (Å²) in [4.78, 5) is 11.9. The molecule has 2 rings (SSSR count). The van der Waals surface area contributed by atoms with Crippen molar-refractivity contribution in [2.45, 2.75) is 12.1 Å². The number of nitrogens with zero attached hydrogens (tertiary/aromatic N) is 3. The lowest BCUT2D eigenvalue weighted by Gasteiger charge is -2.07. The fourth-order valence-electron chi connectivity index (χ4n) is 1.60. The zero-order valence-electron chi connectivity index (χ0n) is 9.77. The molecule has 0 radical (unpaired) electrons. The van der Waals surface area contributed by atoms with Crippen LogP contribution in [0.2, 0.25) is 0 Å². The lowest BCUT2D eigenvalue weighted by atomic mass is 10.2. The van der Waals surface area contributed by atoms with E-state index in [4.69, 9.17) is 0 Å². The summed E-state index contributed by atoms with van der Waals surface area (Å²) in [6, 6.07) is 4.37. The van der Waals surface area contributed by atoms with Crippen LogP contribution in [0.1, 0.15) is 5.56 Å². The minimum Gasteiger partial charge on any atom is -0.246 e. The molecule has 90 valence electrons. The number of thioether (sulfide) groups is 1. The Bertz CT molecular complexity index is 618. The van der Waals surface area contributed by atoms with Crippen LogP contribution in [0.25, 0.3) is 5.69 Å². The molecular weight excluding hydrogens is 241 g/mol. The molecule has 0 spiro atoms. The fourth-order valence-corrected chi connectivity index (χ4v) is 2.17. The molecule has 0 aliphatic rings. The Hall–Kier alpha value is -1.56. The summed E-state index contributed by atoms with van der Waals surface area (Å²) in [5, 5.41) is 4.63. The molecule has 1 aromatic carbocycles. The normalized spacial score (nSPS) is 10.8. The van der Waals surface area contributed by atoms with Gasteiger partial charge in [-0.15, -0.1) is 5.10 Å². The van der Waals surface area contributed by atoms with E-state index in [1.807, 2.05) is 13.2 Å². The van der Waals surface area contributed by atoms with E-state index in [1.165, 1.54) is 33.1 Å². The number of rotatable bonds is 2. The van der Waals surface area contributed by atoms with Crippen molar-refractivity contribution in [3.63, 3.8) is 0 Å². The quantitative estimate of drug-likeness (QED) is 0.765. The number of hydrogen-bond acceptors (Lipinski definition) is 3. The first-order valence-electron chi connectivity index (χ1n) is 5.01. The number of aryl methyl sites for hydroxylation is 2. The molecule has 0 N–H and O–H groups in total. The Morgan fingerprint density at radius 2 is 2.12 bits per heavy atom. The van der Waals surface area contributed by atoms with Gasteiger partial charge in [-0.1, -0.05) is 17.8 Å². The Balaban J connectivity index is 2.76. The minimum absolute atomic E-state index is 0.275. The van der Waals surface area contributed by atoms with Crippen LogP contribution in [-0.2, 0) is 7.05 Å². The second-order valence-electron chi connectivity index (χ2n) is 3.66. The van der Waals surface area contributed by atoms with Crippen molar-refractivity contribution < 1.29 is 4.39 Å². The van der Waals surface area contributed by atoms with Gasteiger partial charge in [0, 0.05) is 7.05 Å². The first-order chi connectivity index (χ1) is 8.04. The van der Waals surface area contributed by atoms with E-state index < -0.39 is 0 Å². The lowest BCUT2D eigenvalue weighted by Crippen LogP contribution is -2.22. The molecule has 17 heavy (non-hydrogen) atoms. The van der Waals surface area contributed by atoms with E-state index >= 15 is 0 Å². The molecule has 0 unspecified atom stereocenters. The molecule has 0 bridgehead atoms. The van der Waals surface area contributed by atoms with Crippen molar-refractivity contribution in [1.29, 1.82) is 0 Å². The van der Waals surface area contributed by atoms with E-state index in [0.717, 1.165) is 5.56 Å². The molecule has 0 amide bonds. The summed E-state index contributed by atoms with van der Waals surface area (Å²) < 4.78 is 15.9. The van der Waals surface area contributed by atoms with E-state index in [-0.39, 0.29) is 11.5 Å². The number of hydrogen-bond donors (Lipinski definition) is 0. The van der Waals surface area contributed by atoms with Gasteiger partial charge in [0.1, 0.15) is 5.82 Å². The van der Waals surface area contributed by atoms with Crippen LogP contribution in [0, 0.1) is 12.7 Å². The number of benzene rings is 1. The van der Waals surface area contributed by atoms with Gasteiger partial charge >= 0.3 is 5.69 Å². The Morgan fingerprint density at radius 1 is 1.41 bits per heavy atom. The van der Waals surface area contributed by atoms with Crippen molar-refractivity contribution in [1.82, 2.24) is 14.3 Å². The van der Waals surface area contributed by atoms with Gasteiger partial charge in [-0.25, -0.2) is 18.4 Å². The van der Waals surface area contributed by atoms with Crippen molar-refractivity contribution in [2.75, 3.05) is 6.26 Å². The second-order valence-corrected chi connectivity index (χ2v) is 4.43. The molecule has 4 nitrogen and oxygen atoms in total. The predicted molar refractivity (Wildman–Crippen MR) is 65.3 cm³/mol. The topological polar surface area (TPSA) is 39.8 Å². The van der Waals surface area contributed by atoms with Crippen LogP contribution in [-0.4, -0.2) is 20.6 Å². The zero-order chi connectivity index (χ0) is 12.6. The Morgan fingerprint density at radius 3 is 2.76 bits per heavy atom. The predicted octanol–water partition coefficient (Wildman–Crippen LogP) is 1.74. The summed E-state index contributed by atoms with van der Waals surface area (Å²) in [5.74, 6) is -0.367. The molecule has 1 aromatic heterocycles. The van der Waals surface area contributed by atoms with Crippen LogP contribution in [0.15, 0.2) is 28.2 Å². The van der Waals surface area contributed by atoms with Gasteiger partial charge in [0.05, 0.1) is 5.69 Å². The minimum atomic E-state index is -0.367. The highest BCUT2D eigenvalue weighted by Gasteiger charge is 2.14. The summed E-state index contributed by atoms with van der Waals surface area (Å²) in [6.45, 7) is 1.83. The standard InChI is InChI=1S/C11H12FN3OS/c1-7-4-5-8(12)6-9(7)15-10(17-3)13-14(2)11(15)16/h4-6H,1-3H3. The molecule has 6 heteroatoms. The molecule has 0 atom stereocenters. The lowest BCUT2D eigenvalue weighted by molar-refractivity contribution is 0.624. The second kappa shape index (κ2) is 4.37. The van der Waals surface area contributed by atoms with Crippen LogP contribution >= 0.6 is 11.8 Å². The van der Waals surface area contributed by atoms with Gasteiger partial charge in [0.2, 0.25) is 0 Å². The van der Waals surface area contributed by atoms with Crippen LogP contribution in [0.3, 0.4) is 0 Å². The molecular formula is C11H12FN3OS. The highest BCUT2D eigenvalue weighted by atomic mass is 32.2. The average Bonchev–Trinajstić information content (AvgIpc) is 2.59. The van der Waals surface area contributed by atoms with Gasteiger partial charge in [-0.2, -0.15) is 0 Å². The number of aromatic nitrogens is 3. The van der Waals surface area contributed by atoms with E-state index in [2.05, 4.69) is 5.10 Å². The highest BCUT2D eigenvalue weighted by molar-refractivity contribution is 7.98. The molecule has 0 saturated heterocycles. The van der Waals surface area contributed by atoms with Crippen molar-refractivity contribution in [3.05, 3.63) is 40.1 Å². The summed E-state index contributed by atoms with van der Waals surface area (Å²) in [6.07, 6.45) is 1.83. The Labute approximate surface area is 102 Å². The third-order valence-electron chi connectivity index (χ3n) is 2.49. The van der Waals surface area contributed by atoms with E-state index in [0.29, 0.717) is 10.8 Å². The summed E-state index contributed by atoms with van der Waals surface area (Å²) >= 11 is 1.35. The van der Waals surface area contributed by atoms with Gasteiger partial charge < -0.3 is 0 Å². The van der Waals surface area contributed by atoms with Gasteiger partial charge in [-0.3, -0.25) is 0 Å². The molecule has 1 heterocycles. The van der Waals surface area contributed by atoms with Crippen molar-refractivity contribution in [3.8, 4) is 5.69 Å². The van der Waals surface area contributed by atoms with Gasteiger partial charge in [0.15, 0.2) is 5.16 Å². The molecule has 0 saturated carbocycles. The van der Waals surface area contributed by atoms with Crippen molar-refractivity contribution in [2.24, 2.45) is 7.05 Å². The maximum absolute atomic E-state index is 13.3. The first-order valence-corrected chi connectivity index (χ1v) is 6.23. The zero-order valence-corrected chi connectivity index (χ0v) is 10.6. The van der Waals surface area contributed by atoms with E-state index in [9.17, 15) is 9.18 Å². The smallest absolute Gasteiger partial charge is 0.246 e. The summed E-state index contributed by atoms with van der Waals surface area (Å²) in [5.41, 5.74) is 1.09. The maximum atomic E-state index is 13.3. The molecule has 2 aromatic rings. The van der Waals surface area contributed by atoms with Gasteiger partial charge in [-0.05, 0) is 30.9 Å². The average molecular weight is 253 g/mol. The van der Waals surface area contributed by atoms with Crippen LogP contribution in [0.4, 0.5) is 4.39 Å². The Kier molecular flexibility index (Phi) is 3.06. The third kappa shape index (κ3) is 2.00. The summed E-state index contributed by atoms with van der Waals surface area (Å²) in [7, 11) is 1.58. The van der Waals surface area contributed by atoms with Crippen LogP contribution < -0.4 is 5.69 Å². The van der Waals surface area contributed by atoms with Crippen LogP contribution in [0.5, 0.6) is 0 Å². The van der Waals surface area contributed by atoms with E-state index in [1.54, 1.807) is 13.1 Å². The highest BCUT2D eigenvalue weighted by Crippen LogP contribution is 2.19.